The van der Waals surface area contributed by atoms with E-state index in [4.69, 9.17) is 4.74 Å². The second-order valence-corrected chi connectivity index (χ2v) is 7.21. The summed E-state index contributed by atoms with van der Waals surface area (Å²) >= 11 is 0. The van der Waals surface area contributed by atoms with Crippen LogP contribution in [0.4, 0.5) is 4.39 Å². The Hall–Kier alpha value is -1.66. The molecule has 0 bridgehead atoms. The maximum Gasteiger partial charge on any atom is 0.191 e. The molecule has 2 rings (SSSR count). The van der Waals surface area contributed by atoms with Gasteiger partial charge in [0, 0.05) is 32.2 Å². The van der Waals surface area contributed by atoms with E-state index < -0.39 is 0 Å². The molecule has 1 saturated heterocycles. The summed E-state index contributed by atoms with van der Waals surface area (Å²) in [6, 6.07) is 5.30. The van der Waals surface area contributed by atoms with Gasteiger partial charge in [-0.1, -0.05) is 12.1 Å². The summed E-state index contributed by atoms with van der Waals surface area (Å²) in [4.78, 5) is 6.73. The van der Waals surface area contributed by atoms with Crippen LogP contribution in [0.15, 0.2) is 23.2 Å². The standard InChI is InChI=1S/C19H31FN4O/c1-14-6-7-16(12-17(14)20)15(2)23-18(21-5)22-13-19(3,4)24-8-10-25-11-9-24/h6-7,12,15H,8-11,13H2,1-5H3,(H2,21,22,23). The molecule has 1 fully saturated rings. The number of benzene rings is 1. The van der Waals surface area contributed by atoms with Crippen molar-refractivity contribution in [3.63, 3.8) is 0 Å². The lowest BCUT2D eigenvalue weighted by Gasteiger charge is -2.41. The molecule has 0 saturated carbocycles. The fraction of sp³-hybridized carbons (Fsp3) is 0.632. The molecule has 0 spiro atoms. The minimum absolute atomic E-state index is 0.000600. The van der Waals surface area contributed by atoms with Gasteiger partial charge in [-0.2, -0.15) is 0 Å². The van der Waals surface area contributed by atoms with Gasteiger partial charge in [0.25, 0.3) is 0 Å². The van der Waals surface area contributed by atoms with Crippen LogP contribution in [0, 0.1) is 12.7 Å². The van der Waals surface area contributed by atoms with Crippen LogP contribution >= 0.6 is 0 Å². The molecular weight excluding hydrogens is 319 g/mol. The van der Waals surface area contributed by atoms with Crippen molar-refractivity contribution in [3.05, 3.63) is 35.1 Å². The highest BCUT2D eigenvalue weighted by Gasteiger charge is 2.28. The smallest absolute Gasteiger partial charge is 0.191 e. The van der Waals surface area contributed by atoms with Crippen molar-refractivity contribution in [2.24, 2.45) is 4.99 Å². The molecule has 140 valence electrons. The van der Waals surface area contributed by atoms with Crippen molar-refractivity contribution >= 4 is 5.96 Å². The molecule has 25 heavy (non-hydrogen) atoms. The van der Waals surface area contributed by atoms with Gasteiger partial charge in [-0.05, 0) is 44.9 Å². The average Bonchev–Trinajstić information content (AvgIpc) is 2.61. The fourth-order valence-electron chi connectivity index (χ4n) is 2.94. The summed E-state index contributed by atoms with van der Waals surface area (Å²) in [7, 11) is 1.75. The lowest BCUT2D eigenvalue weighted by atomic mass is 10.0. The quantitative estimate of drug-likeness (QED) is 0.633. The van der Waals surface area contributed by atoms with Gasteiger partial charge in [0.1, 0.15) is 5.82 Å². The molecule has 1 atom stereocenters. The molecule has 0 amide bonds. The molecule has 1 aromatic carbocycles. The number of nitrogens with one attached hydrogen (secondary N) is 2. The third kappa shape index (κ3) is 5.41. The molecule has 1 aliphatic rings. The number of rotatable bonds is 5. The average molecular weight is 350 g/mol. The van der Waals surface area contributed by atoms with E-state index >= 15 is 0 Å². The molecule has 1 aliphatic heterocycles. The molecule has 2 N–H and O–H groups in total. The van der Waals surface area contributed by atoms with Crippen LogP contribution in [-0.2, 0) is 4.74 Å². The van der Waals surface area contributed by atoms with Crippen LogP contribution in [0.3, 0.4) is 0 Å². The van der Waals surface area contributed by atoms with E-state index in [1.807, 2.05) is 13.0 Å². The summed E-state index contributed by atoms with van der Waals surface area (Å²) in [6.07, 6.45) is 0. The zero-order chi connectivity index (χ0) is 18.4. The normalized spacial score (nSPS) is 18.1. The largest absolute Gasteiger partial charge is 0.379 e. The van der Waals surface area contributed by atoms with Crippen LogP contribution in [0.25, 0.3) is 0 Å². The fourth-order valence-corrected chi connectivity index (χ4v) is 2.94. The van der Waals surface area contributed by atoms with E-state index in [1.165, 1.54) is 0 Å². The molecule has 6 heteroatoms. The number of halogens is 1. The second-order valence-electron chi connectivity index (χ2n) is 7.21. The Morgan fingerprint density at radius 2 is 2.04 bits per heavy atom. The van der Waals surface area contributed by atoms with Crippen LogP contribution in [0.5, 0.6) is 0 Å². The molecule has 1 aromatic rings. The third-order valence-electron chi connectivity index (χ3n) is 4.83. The van der Waals surface area contributed by atoms with E-state index in [2.05, 4.69) is 34.4 Å². The number of morpholine rings is 1. The van der Waals surface area contributed by atoms with Crippen LogP contribution in [-0.4, -0.2) is 56.3 Å². The highest BCUT2D eigenvalue weighted by Crippen LogP contribution is 2.17. The summed E-state index contributed by atoms with van der Waals surface area (Å²) < 4.78 is 19.2. The van der Waals surface area contributed by atoms with E-state index in [1.54, 1.807) is 26.1 Å². The van der Waals surface area contributed by atoms with Crippen molar-refractivity contribution in [2.75, 3.05) is 39.9 Å². The molecule has 0 radical (unpaired) electrons. The van der Waals surface area contributed by atoms with E-state index in [0.717, 1.165) is 44.4 Å². The minimum Gasteiger partial charge on any atom is -0.379 e. The Kier molecular flexibility index (Phi) is 6.79. The monoisotopic (exact) mass is 350 g/mol. The molecule has 1 unspecified atom stereocenters. The molecule has 0 aromatic heterocycles. The van der Waals surface area contributed by atoms with Crippen LogP contribution < -0.4 is 10.6 Å². The SMILES string of the molecule is CN=C(NCC(C)(C)N1CCOCC1)NC(C)c1ccc(C)c(F)c1. The summed E-state index contributed by atoms with van der Waals surface area (Å²) in [6.45, 7) is 12.4. The lowest BCUT2D eigenvalue weighted by Crippen LogP contribution is -2.56. The van der Waals surface area contributed by atoms with Crippen molar-refractivity contribution in [1.29, 1.82) is 0 Å². The first-order valence-corrected chi connectivity index (χ1v) is 8.89. The second kappa shape index (κ2) is 8.63. The van der Waals surface area contributed by atoms with Crippen molar-refractivity contribution < 1.29 is 9.13 Å². The van der Waals surface area contributed by atoms with Crippen molar-refractivity contribution in [2.45, 2.75) is 39.3 Å². The number of aliphatic imine (C=N–C) groups is 1. The highest BCUT2D eigenvalue weighted by molar-refractivity contribution is 5.80. The summed E-state index contributed by atoms with van der Waals surface area (Å²) in [5, 5.41) is 6.73. The predicted octanol–water partition coefficient (Wildman–Crippen LogP) is 2.47. The maximum atomic E-state index is 13.8. The zero-order valence-corrected chi connectivity index (χ0v) is 16.0. The van der Waals surface area contributed by atoms with Crippen molar-refractivity contribution in [3.8, 4) is 0 Å². The first-order valence-electron chi connectivity index (χ1n) is 8.89. The number of guanidine groups is 1. The maximum absolute atomic E-state index is 13.8. The molecular formula is C19H31FN4O. The van der Waals surface area contributed by atoms with E-state index in [-0.39, 0.29) is 17.4 Å². The Balaban J connectivity index is 1.92. The Morgan fingerprint density at radius 3 is 2.64 bits per heavy atom. The number of hydrogen-bond donors (Lipinski definition) is 2. The van der Waals surface area contributed by atoms with Gasteiger partial charge in [0.2, 0.25) is 0 Å². The number of nitrogens with zero attached hydrogens (tertiary/aromatic N) is 2. The number of hydrogen-bond acceptors (Lipinski definition) is 3. The first kappa shape index (κ1) is 19.7. The Bertz CT molecular complexity index is 597. The van der Waals surface area contributed by atoms with Gasteiger partial charge in [0.15, 0.2) is 5.96 Å². The number of aryl methyl sites for hydroxylation is 1. The highest BCUT2D eigenvalue weighted by atomic mass is 19.1. The van der Waals surface area contributed by atoms with Crippen LogP contribution in [0.1, 0.15) is 37.9 Å². The topological polar surface area (TPSA) is 48.9 Å². The Morgan fingerprint density at radius 1 is 1.36 bits per heavy atom. The zero-order valence-electron chi connectivity index (χ0n) is 16.0. The summed E-state index contributed by atoms with van der Waals surface area (Å²) in [5.74, 6) is 0.539. The van der Waals surface area contributed by atoms with Gasteiger partial charge in [-0.15, -0.1) is 0 Å². The first-order chi connectivity index (χ1) is 11.8. The summed E-state index contributed by atoms with van der Waals surface area (Å²) in [5.41, 5.74) is 1.56. The third-order valence-corrected chi connectivity index (χ3v) is 4.83. The van der Waals surface area contributed by atoms with Crippen molar-refractivity contribution in [1.82, 2.24) is 15.5 Å². The van der Waals surface area contributed by atoms with Gasteiger partial charge >= 0.3 is 0 Å². The van der Waals surface area contributed by atoms with E-state index in [9.17, 15) is 4.39 Å². The molecule has 5 nitrogen and oxygen atoms in total. The molecule has 0 aliphatic carbocycles. The van der Waals surface area contributed by atoms with Gasteiger partial charge < -0.3 is 15.4 Å². The molecule has 1 heterocycles. The Labute approximate surface area is 150 Å². The lowest BCUT2D eigenvalue weighted by molar-refractivity contribution is -0.00834. The van der Waals surface area contributed by atoms with E-state index in [0.29, 0.717) is 5.56 Å². The minimum atomic E-state index is -0.178. The van der Waals surface area contributed by atoms with Gasteiger partial charge in [-0.3, -0.25) is 9.89 Å². The van der Waals surface area contributed by atoms with Gasteiger partial charge in [-0.25, -0.2) is 4.39 Å². The van der Waals surface area contributed by atoms with Gasteiger partial charge in [0.05, 0.1) is 19.3 Å². The predicted molar refractivity (Wildman–Crippen MR) is 101 cm³/mol. The van der Waals surface area contributed by atoms with Crippen LogP contribution in [0.2, 0.25) is 0 Å². The number of ether oxygens (including phenoxy) is 1.